The highest BCUT2D eigenvalue weighted by molar-refractivity contribution is 4.92. The zero-order valence-electron chi connectivity index (χ0n) is 5.89. The smallest absolute Gasteiger partial charge is 0.131 e. The van der Waals surface area contributed by atoms with Gasteiger partial charge in [0.2, 0.25) is 0 Å². The van der Waals surface area contributed by atoms with Gasteiger partial charge < -0.3 is 0 Å². The highest BCUT2D eigenvalue weighted by Crippen LogP contribution is 2.26. The van der Waals surface area contributed by atoms with Gasteiger partial charge in [0.15, 0.2) is 0 Å². The van der Waals surface area contributed by atoms with E-state index < -0.39 is 12.8 Å². The lowest BCUT2D eigenvalue weighted by atomic mass is 9.86. The third-order valence-electron chi connectivity index (χ3n) is 1.89. The molecular weight excluding hydrogens is 134 g/mol. The van der Waals surface area contributed by atoms with Gasteiger partial charge in [-0.1, -0.05) is 0 Å². The fraction of sp³-hybridized carbons (Fsp3) is 0.750. The molecule has 0 nitrogen and oxygen atoms in total. The van der Waals surface area contributed by atoms with Gasteiger partial charge in [0.05, 0.1) is 0 Å². The Kier molecular flexibility index (Phi) is 3.10. The largest absolute Gasteiger partial charge is 0.248 e. The van der Waals surface area contributed by atoms with Crippen molar-refractivity contribution in [2.45, 2.75) is 25.4 Å². The summed E-state index contributed by atoms with van der Waals surface area (Å²) in [5, 5.41) is 0. The Morgan fingerprint density at radius 2 is 2.30 bits per heavy atom. The minimum Gasteiger partial charge on any atom is -0.248 e. The molecule has 0 N–H and O–H groups in total. The third kappa shape index (κ3) is 1.93. The van der Waals surface area contributed by atoms with Crippen LogP contribution in [-0.4, -0.2) is 12.8 Å². The number of rotatable bonds is 2. The monoisotopic (exact) mass is 146 g/mol. The Hall–Kier alpha value is -0.140. The van der Waals surface area contributed by atoms with Crippen LogP contribution in [0.2, 0.25) is 0 Å². The summed E-state index contributed by atoms with van der Waals surface area (Å²) >= 11 is 0. The summed E-state index contributed by atoms with van der Waals surface area (Å²) in [6, 6.07) is 0. The molecule has 1 rings (SSSR count). The van der Waals surface area contributed by atoms with Crippen molar-refractivity contribution in [2.24, 2.45) is 5.92 Å². The molecule has 58 valence electrons. The predicted molar refractivity (Wildman–Crippen MR) is 36.8 cm³/mol. The van der Waals surface area contributed by atoms with Gasteiger partial charge >= 0.3 is 0 Å². The molecule has 2 radical (unpaired) electrons. The van der Waals surface area contributed by atoms with Gasteiger partial charge in [-0.25, -0.2) is 8.78 Å². The van der Waals surface area contributed by atoms with E-state index in [0.717, 1.165) is 12.8 Å². The van der Waals surface area contributed by atoms with E-state index in [2.05, 4.69) is 0 Å². The van der Waals surface area contributed by atoms with E-state index in [9.17, 15) is 8.78 Å². The Balaban J connectivity index is 2.24. The quantitative estimate of drug-likeness (QED) is 0.561. The van der Waals surface area contributed by atoms with E-state index in [4.69, 9.17) is 0 Å². The van der Waals surface area contributed by atoms with Gasteiger partial charge in [-0.3, -0.25) is 0 Å². The maximum Gasteiger partial charge on any atom is 0.131 e. The zero-order valence-corrected chi connectivity index (χ0v) is 5.89. The topological polar surface area (TPSA) is 0 Å². The van der Waals surface area contributed by atoms with Crippen molar-refractivity contribution in [3.8, 4) is 0 Å². The Labute approximate surface area is 60.6 Å². The van der Waals surface area contributed by atoms with Crippen molar-refractivity contribution < 1.29 is 8.78 Å². The maximum atomic E-state index is 12.6. The summed E-state index contributed by atoms with van der Waals surface area (Å²) in [5.41, 5.74) is 0. The first-order valence-corrected chi connectivity index (χ1v) is 3.69. The average Bonchev–Trinajstić information content (AvgIpc) is 2.05. The lowest BCUT2D eigenvalue weighted by Gasteiger charge is -2.22. The average molecular weight is 146 g/mol. The van der Waals surface area contributed by atoms with Crippen molar-refractivity contribution in [1.82, 2.24) is 0 Å². The lowest BCUT2D eigenvalue weighted by Crippen LogP contribution is -2.21. The van der Waals surface area contributed by atoms with E-state index in [-0.39, 0.29) is 5.92 Å². The first-order chi connectivity index (χ1) is 4.84. The number of halogens is 2. The molecule has 2 heteroatoms. The van der Waals surface area contributed by atoms with Crippen LogP contribution in [0.1, 0.15) is 19.3 Å². The molecule has 1 saturated carbocycles. The standard InChI is InChI=1S/C8H12F2/c9-6-8(10)7-4-2-1-3-5-7/h2,5,7-8H,1,3-4,6H2. The highest BCUT2D eigenvalue weighted by Gasteiger charge is 2.22. The molecule has 10 heavy (non-hydrogen) atoms. The van der Waals surface area contributed by atoms with Crippen molar-refractivity contribution in [3.05, 3.63) is 12.8 Å². The molecule has 1 aliphatic rings. The van der Waals surface area contributed by atoms with Gasteiger partial charge in [-0.15, -0.1) is 0 Å². The number of hydrogen-bond donors (Lipinski definition) is 0. The SMILES string of the molecule is FCC(F)C1[CH]CC[CH]C1. The Morgan fingerprint density at radius 3 is 2.80 bits per heavy atom. The molecule has 0 aromatic rings. The first-order valence-electron chi connectivity index (χ1n) is 3.69. The lowest BCUT2D eigenvalue weighted by molar-refractivity contribution is 0.189. The van der Waals surface area contributed by atoms with Crippen LogP contribution >= 0.6 is 0 Å². The van der Waals surface area contributed by atoms with Crippen LogP contribution in [0.5, 0.6) is 0 Å². The van der Waals surface area contributed by atoms with Crippen molar-refractivity contribution in [3.63, 3.8) is 0 Å². The fourth-order valence-electron chi connectivity index (χ4n) is 1.24. The van der Waals surface area contributed by atoms with Crippen LogP contribution in [0.15, 0.2) is 0 Å². The van der Waals surface area contributed by atoms with Crippen LogP contribution < -0.4 is 0 Å². The van der Waals surface area contributed by atoms with E-state index in [1.165, 1.54) is 0 Å². The highest BCUT2D eigenvalue weighted by atomic mass is 19.2. The molecule has 0 amide bonds. The summed E-state index contributed by atoms with van der Waals surface area (Å²) < 4.78 is 24.4. The molecule has 1 aliphatic carbocycles. The number of alkyl halides is 2. The summed E-state index contributed by atoms with van der Waals surface area (Å²) in [5.74, 6) is -0.154. The zero-order chi connectivity index (χ0) is 7.40. The number of hydrogen-bond acceptors (Lipinski definition) is 0. The second-order valence-electron chi connectivity index (χ2n) is 2.67. The molecule has 0 aromatic carbocycles. The van der Waals surface area contributed by atoms with Gasteiger partial charge in [0.1, 0.15) is 12.8 Å². The van der Waals surface area contributed by atoms with Crippen molar-refractivity contribution >= 4 is 0 Å². The van der Waals surface area contributed by atoms with Crippen LogP contribution in [0.25, 0.3) is 0 Å². The van der Waals surface area contributed by atoms with Crippen LogP contribution in [0, 0.1) is 18.8 Å². The molecule has 0 aliphatic heterocycles. The van der Waals surface area contributed by atoms with Crippen LogP contribution in [0.3, 0.4) is 0 Å². The molecule has 2 atom stereocenters. The van der Waals surface area contributed by atoms with E-state index >= 15 is 0 Å². The van der Waals surface area contributed by atoms with E-state index in [0.29, 0.717) is 6.42 Å². The second-order valence-corrected chi connectivity index (χ2v) is 2.67. The molecule has 0 heterocycles. The molecule has 0 aromatic heterocycles. The van der Waals surface area contributed by atoms with E-state index in [1.807, 2.05) is 12.8 Å². The molecule has 0 bridgehead atoms. The van der Waals surface area contributed by atoms with Crippen molar-refractivity contribution in [1.29, 1.82) is 0 Å². The molecule has 2 unspecified atom stereocenters. The maximum absolute atomic E-state index is 12.6. The summed E-state index contributed by atoms with van der Waals surface area (Å²) in [6.07, 6.45) is 5.31. The first kappa shape index (κ1) is 7.96. The van der Waals surface area contributed by atoms with Gasteiger partial charge in [-0.05, 0) is 38.0 Å². The normalized spacial score (nSPS) is 24.6. The Morgan fingerprint density at radius 1 is 1.50 bits per heavy atom. The summed E-state index contributed by atoms with van der Waals surface area (Å²) in [7, 11) is 0. The third-order valence-corrected chi connectivity index (χ3v) is 1.89. The van der Waals surface area contributed by atoms with Gasteiger partial charge in [-0.2, -0.15) is 0 Å². The molecule has 1 fully saturated rings. The fourth-order valence-corrected chi connectivity index (χ4v) is 1.24. The predicted octanol–water partition coefficient (Wildman–Crippen LogP) is 2.50. The minimum atomic E-state index is -1.27. The summed E-state index contributed by atoms with van der Waals surface area (Å²) in [6.45, 7) is -0.838. The van der Waals surface area contributed by atoms with Gasteiger partial charge in [0, 0.05) is 0 Å². The second kappa shape index (κ2) is 3.89. The molecule has 0 saturated heterocycles. The molecular formula is C8H12F2. The van der Waals surface area contributed by atoms with Gasteiger partial charge in [0.25, 0.3) is 0 Å². The molecule has 0 spiro atoms. The van der Waals surface area contributed by atoms with E-state index in [1.54, 1.807) is 0 Å². The minimum absolute atomic E-state index is 0.154. The van der Waals surface area contributed by atoms with Crippen molar-refractivity contribution in [2.75, 3.05) is 6.67 Å². The summed E-state index contributed by atoms with van der Waals surface area (Å²) in [4.78, 5) is 0. The van der Waals surface area contributed by atoms with Crippen LogP contribution in [0.4, 0.5) is 8.78 Å². The van der Waals surface area contributed by atoms with Crippen LogP contribution in [-0.2, 0) is 0 Å². The Bertz CT molecular complexity index is 87.3.